The molecular formula is C21H21N3O3. The molecule has 0 aliphatic carbocycles. The van der Waals surface area contributed by atoms with Gasteiger partial charge in [0.25, 0.3) is 5.91 Å². The zero-order chi connectivity index (χ0) is 18.8. The number of aromatic hydroxyl groups is 1. The van der Waals surface area contributed by atoms with E-state index < -0.39 is 0 Å². The van der Waals surface area contributed by atoms with Crippen LogP contribution in [-0.4, -0.2) is 47.2 Å². The molecule has 6 heteroatoms. The van der Waals surface area contributed by atoms with Gasteiger partial charge in [-0.1, -0.05) is 47.6 Å². The number of hydrogen-bond acceptors (Lipinski definition) is 5. The van der Waals surface area contributed by atoms with E-state index in [2.05, 4.69) is 10.1 Å². The van der Waals surface area contributed by atoms with E-state index in [0.717, 1.165) is 11.3 Å². The molecule has 138 valence electrons. The van der Waals surface area contributed by atoms with Crippen molar-refractivity contribution in [2.45, 2.75) is 6.92 Å². The highest BCUT2D eigenvalue weighted by molar-refractivity contribution is 6.00. The van der Waals surface area contributed by atoms with Crippen molar-refractivity contribution in [2.75, 3.05) is 31.1 Å². The Hall–Kier alpha value is -3.28. The van der Waals surface area contributed by atoms with Crippen LogP contribution in [0.1, 0.15) is 16.1 Å². The number of carbonyl (C=O) groups is 1. The van der Waals surface area contributed by atoms with Gasteiger partial charge in [0.05, 0.1) is 5.69 Å². The molecule has 2 aromatic carbocycles. The molecule has 0 saturated carbocycles. The topological polar surface area (TPSA) is 69.8 Å². The lowest BCUT2D eigenvalue weighted by atomic mass is 10.0. The van der Waals surface area contributed by atoms with Gasteiger partial charge in [-0.05, 0) is 19.1 Å². The van der Waals surface area contributed by atoms with E-state index in [9.17, 15) is 9.90 Å². The zero-order valence-corrected chi connectivity index (χ0v) is 15.1. The number of benzene rings is 2. The number of nitrogens with zero attached hydrogens (tertiary/aromatic N) is 3. The molecule has 1 fully saturated rings. The van der Waals surface area contributed by atoms with Gasteiger partial charge in [-0.15, -0.1) is 0 Å². The number of phenolic OH excluding ortho intramolecular Hbond substituents is 1. The predicted octanol–water partition coefficient (Wildman–Crippen LogP) is 3.32. The van der Waals surface area contributed by atoms with E-state index in [-0.39, 0.29) is 11.7 Å². The van der Waals surface area contributed by atoms with Crippen molar-refractivity contribution in [3.05, 3.63) is 65.9 Å². The monoisotopic (exact) mass is 363 g/mol. The highest BCUT2D eigenvalue weighted by Crippen LogP contribution is 2.29. The Morgan fingerprint density at radius 2 is 1.67 bits per heavy atom. The summed E-state index contributed by atoms with van der Waals surface area (Å²) < 4.78 is 5.33. The Kier molecular flexibility index (Phi) is 4.54. The van der Waals surface area contributed by atoms with Gasteiger partial charge in [0, 0.05) is 31.7 Å². The third kappa shape index (κ3) is 3.26. The number of amides is 1. The van der Waals surface area contributed by atoms with Crippen LogP contribution >= 0.6 is 0 Å². The van der Waals surface area contributed by atoms with Gasteiger partial charge >= 0.3 is 0 Å². The number of aromatic nitrogens is 1. The molecule has 2 heterocycles. The molecule has 1 amide bonds. The molecule has 0 bridgehead atoms. The average molecular weight is 363 g/mol. The van der Waals surface area contributed by atoms with Crippen LogP contribution in [0.4, 0.5) is 5.69 Å². The fourth-order valence-electron chi connectivity index (χ4n) is 3.46. The van der Waals surface area contributed by atoms with E-state index >= 15 is 0 Å². The number of anilines is 1. The summed E-state index contributed by atoms with van der Waals surface area (Å²) in [5.41, 5.74) is 2.78. The van der Waals surface area contributed by atoms with Crippen LogP contribution in [-0.2, 0) is 0 Å². The first-order chi connectivity index (χ1) is 13.1. The first kappa shape index (κ1) is 17.1. The summed E-state index contributed by atoms with van der Waals surface area (Å²) in [4.78, 5) is 17.1. The van der Waals surface area contributed by atoms with Crippen LogP contribution in [0, 0.1) is 6.92 Å². The molecule has 27 heavy (non-hydrogen) atoms. The molecule has 1 aliphatic rings. The number of rotatable bonds is 3. The number of para-hydroxylation sites is 2. The number of hydrogen-bond donors (Lipinski definition) is 1. The van der Waals surface area contributed by atoms with Crippen LogP contribution < -0.4 is 4.90 Å². The fraction of sp³-hybridized carbons (Fsp3) is 0.238. The SMILES string of the molecule is Cc1onc(-c2ccccc2)c1C(=O)N1CCN(c2ccccc2O)CC1. The second kappa shape index (κ2) is 7.15. The summed E-state index contributed by atoms with van der Waals surface area (Å²) >= 11 is 0. The van der Waals surface area contributed by atoms with Crippen molar-refractivity contribution < 1.29 is 14.4 Å². The maximum Gasteiger partial charge on any atom is 0.259 e. The third-order valence-corrected chi connectivity index (χ3v) is 4.91. The quantitative estimate of drug-likeness (QED) is 0.773. The van der Waals surface area contributed by atoms with Crippen LogP contribution in [0.3, 0.4) is 0 Å². The number of aryl methyl sites for hydroxylation is 1. The minimum Gasteiger partial charge on any atom is -0.506 e. The molecule has 1 aliphatic heterocycles. The Morgan fingerprint density at radius 3 is 2.37 bits per heavy atom. The summed E-state index contributed by atoms with van der Waals surface area (Å²) in [5, 5.41) is 14.2. The van der Waals surface area contributed by atoms with Gasteiger partial charge in [0.2, 0.25) is 0 Å². The minimum absolute atomic E-state index is 0.0652. The van der Waals surface area contributed by atoms with Gasteiger partial charge in [0.1, 0.15) is 22.8 Å². The van der Waals surface area contributed by atoms with Gasteiger partial charge in [-0.2, -0.15) is 0 Å². The molecular weight excluding hydrogens is 342 g/mol. The third-order valence-electron chi connectivity index (χ3n) is 4.91. The molecule has 1 aromatic heterocycles. The van der Waals surface area contributed by atoms with Crippen LogP contribution in [0.15, 0.2) is 59.1 Å². The number of carbonyl (C=O) groups excluding carboxylic acids is 1. The summed E-state index contributed by atoms with van der Waals surface area (Å²) in [5.74, 6) is 0.727. The highest BCUT2D eigenvalue weighted by Gasteiger charge is 2.29. The first-order valence-corrected chi connectivity index (χ1v) is 8.99. The summed E-state index contributed by atoms with van der Waals surface area (Å²) in [6, 6.07) is 16.9. The Balaban J connectivity index is 1.53. The van der Waals surface area contributed by atoms with E-state index in [0.29, 0.717) is 43.2 Å². The summed E-state index contributed by atoms with van der Waals surface area (Å²) in [6.45, 7) is 4.24. The average Bonchev–Trinajstić information content (AvgIpc) is 3.10. The molecule has 4 rings (SSSR count). The fourth-order valence-corrected chi connectivity index (χ4v) is 3.46. The molecule has 1 N–H and O–H groups in total. The molecule has 0 atom stereocenters. The van der Waals surface area contributed by atoms with Crippen molar-refractivity contribution in [2.24, 2.45) is 0 Å². The Morgan fingerprint density at radius 1 is 1.00 bits per heavy atom. The standard InChI is InChI=1S/C21H21N3O3/c1-15-19(20(22-27-15)16-7-3-2-4-8-16)21(26)24-13-11-23(12-14-24)17-9-5-6-10-18(17)25/h2-10,25H,11-14H2,1H3. The number of phenols is 1. The van der Waals surface area contributed by atoms with Crippen molar-refractivity contribution in [3.8, 4) is 17.0 Å². The lowest BCUT2D eigenvalue weighted by Crippen LogP contribution is -2.49. The first-order valence-electron chi connectivity index (χ1n) is 8.99. The van der Waals surface area contributed by atoms with Crippen LogP contribution in [0.5, 0.6) is 5.75 Å². The van der Waals surface area contributed by atoms with Crippen molar-refractivity contribution in [1.82, 2.24) is 10.1 Å². The lowest BCUT2D eigenvalue weighted by Gasteiger charge is -2.36. The van der Waals surface area contributed by atoms with Crippen molar-refractivity contribution >= 4 is 11.6 Å². The lowest BCUT2D eigenvalue weighted by molar-refractivity contribution is 0.0745. The largest absolute Gasteiger partial charge is 0.506 e. The van der Waals surface area contributed by atoms with Gasteiger partial charge < -0.3 is 19.4 Å². The smallest absolute Gasteiger partial charge is 0.259 e. The van der Waals surface area contributed by atoms with Gasteiger partial charge in [-0.3, -0.25) is 4.79 Å². The van der Waals surface area contributed by atoms with E-state index in [4.69, 9.17) is 4.52 Å². The second-order valence-corrected chi connectivity index (χ2v) is 6.60. The highest BCUT2D eigenvalue weighted by atomic mass is 16.5. The molecule has 0 spiro atoms. The summed E-state index contributed by atoms with van der Waals surface area (Å²) in [7, 11) is 0. The molecule has 0 radical (unpaired) electrons. The van der Waals surface area contributed by atoms with E-state index in [1.165, 1.54) is 0 Å². The minimum atomic E-state index is -0.0652. The van der Waals surface area contributed by atoms with E-state index in [1.807, 2.05) is 47.4 Å². The van der Waals surface area contributed by atoms with Gasteiger partial charge in [-0.25, -0.2) is 0 Å². The van der Waals surface area contributed by atoms with Crippen molar-refractivity contribution in [1.29, 1.82) is 0 Å². The zero-order valence-electron chi connectivity index (χ0n) is 15.1. The van der Waals surface area contributed by atoms with Gasteiger partial charge in [0.15, 0.2) is 0 Å². The normalized spacial score (nSPS) is 14.4. The second-order valence-electron chi connectivity index (χ2n) is 6.60. The molecule has 0 unspecified atom stereocenters. The number of piperazine rings is 1. The predicted molar refractivity (Wildman–Crippen MR) is 103 cm³/mol. The molecule has 3 aromatic rings. The van der Waals surface area contributed by atoms with Crippen molar-refractivity contribution in [3.63, 3.8) is 0 Å². The maximum absolute atomic E-state index is 13.1. The van der Waals surface area contributed by atoms with E-state index in [1.54, 1.807) is 19.1 Å². The Labute approximate surface area is 157 Å². The van der Waals surface area contributed by atoms with Crippen LogP contribution in [0.25, 0.3) is 11.3 Å². The molecule has 6 nitrogen and oxygen atoms in total. The maximum atomic E-state index is 13.1. The summed E-state index contributed by atoms with van der Waals surface area (Å²) in [6.07, 6.45) is 0. The van der Waals surface area contributed by atoms with Crippen LogP contribution in [0.2, 0.25) is 0 Å². The Bertz CT molecular complexity index is 944. The molecule has 1 saturated heterocycles.